The van der Waals surface area contributed by atoms with Crippen molar-refractivity contribution < 1.29 is 47.5 Å². The van der Waals surface area contributed by atoms with E-state index in [1.807, 2.05) is 19.0 Å². The minimum atomic E-state index is -0.898. The molecular formula is C51H99NO10. The normalized spacial score (nSPS) is 17.5. The highest BCUT2D eigenvalue weighted by molar-refractivity contribution is 5.76. The van der Waals surface area contributed by atoms with Gasteiger partial charge in [0.15, 0.2) is 24.4 Å². The predicted octanol–water partition coefficient (Wildman–Crippen LogP) is 11.6. The van der Waals surface area contributed by atoms with Crippen LogP contribution in [0.25, 0.3) is 0 Å². The third-order valence-electron chi connectivity index (χ3n) is 11.7. The summed E-state index contributed by atoms with van der Waals surface area (Å²) in [6, 6.07) is 0. The number of carbonyl (C=O) groups is 2. The molecule has 1 fully saturated rings. The Morgan fingerprint density at radius 3 is 1.26 bits per heavy atom. The van der Waals surface area contributed by atoms with Crippen molar-refractivity contribution in [2.75, 3.05) is 80.1 Å². The molecule has 0 aromatic carbocycles. The molecule has 1 heterocycles. The Hall–Kier alpha value is -1.34. The molecule has 0 aliphatic carbocycles. The number of likely N-dealkylation sites (N-methyl/N-ethyl adjacent to an activating group) is 1. The van der Waals surface area contributed by atoms with Gasteiger partial charge in [-0.2, -0.15) is 0 Å². The Bertz CT molecular complexity index is 986. The van der Waals surface area contributed by atoms with E-state index in [-0.39, 0.29) is 26.4 Å². The number of hydrogen-bond donors (Lipinski definition) is 0. The maximum Gasteiger partial charge on any atom is 0.338 e. The highest BCUT2D eigenvalue weighted by atomic mass is 16.7. The van der Waals surface area contributed by atoms with Crippen LogP contribution in [0.1, 0.15) is 207 Å². The molecule has 0 bridgehead atoms. The fraction of sp³-hybridized carbons (Fsp3) is 0.961. The summed E-state index contributed by atoms with van der Waals surface area (Å²) in [5, 5.41) is 0. The number of nitrogens with zero attached hydrogens (tertiary/aromatic N) is 1. The van der Waals surface area contributed by atoms with E-state index in [0.717, 1.165) is 70.8 Å². The van der Waals surface area contributed by atoms with Crippen molar-refractivity contribution in [1.29, 1.82) is 0 Å². The lowest BCUT2D eigenvalue weighted by atomic mass is 10.1. The van der Waals surface area contributed by atoms with Gasteiger partial charge in [0.25, 0.3) is 0 Å². The largest absolute Gasteiger partial charge is 0.454 e. The second-order valence-electron chi connectivity index (χ2n) is 18.0. The fourth-order valence-corrected chi connectivity index (χ4v) is 7.57. The second kappa shape index (κ2) is 43.5. The topological polar surface area (TPSA) is 111 Å². The van der Waals surface area contributed by atoms with Gasteiger partial charge in [-0.1, -0.05) is 182 Å². The van der Waals surface area contributed by atoms with E-state index >= 15 is 0 Å². The molecule has 0 N–H and O–H groups in total. The van der Waals surface area contributed by atoms with Crippen LogP contribution in [0.4, 0.5) is 0 Å². The first-order chi connectivity index (χ1) is 30.4. The van der Waals surface area contributed by atoms with Crippen molar-refractivity contribution in [3.63, 3.8) is 0 Å². The zero-order valence-electron chi connectivity index (χ0n) is 41.3. The minimum Gasteiger partial charge on any atom is -0.454 e. The smallest absolute Gasteiger partial charge is 0.338 e. The number of unbranched alkanes of at least 4 members (excludes halogenated alkanes) is 24. The molecule has 0 aromatic rings. The van der Waals surface area contributed by atoms with Gasteiger partial charge < -0.3 is 42.8 Å². The van der Waals surface area contributed by atoms with Gasteiger partial charge in [0.2, 0.25) is 0 Å². The monoisotopic (exact) mass is 886 g/mol. The van der Waals surface area contributed by atoms with E-state index in [4.69, 9.17) is 37.9 Å². The molecule has 1 aliphatic rings. The summed E-state index contributed by atoms with van der Waals surface area (Å²) in [6.45, 7) is 12.7. The summed E-state index contributed by atoms with van der Waals surface area (Å²) in [4.78, 5) is 29.9. The molecule has 0 amide bonds. The maximum atomic E-state index is 14.0. The quantitative estimate of drug-likeness (QED) is 0.0430. The molecule has 0 saturated carbocycles. The molecule has 62 heavy (non-hydrogen) atoms. The van der Waals surface area contributed by atoms with Crippen LogP contribution in [0.15, 0.2) is 0 Å². The number of rotatable bonds is 47. The summed E-state index contributed by atoms with van der Waals surface area (Å²) in [6.07, 6.45) is 28.6. The first-order valence-corrected chi connectivity index (χ1v) is 26.0. The summed E-state index contributed by atoms with van der Waals surface area (Å²) >= 11 is 0. The maximum absolute atomic E-state index is 14.0. The van der Waals surface area contributed by atoms with Crippen molar-refractivity contribution in [1.82, 2.24) is 4.90 Å². The van der Waals surface area contributed by atoms with Crippen LogP contribution in [-0.2, 0) is 47.5 Å². The van der Waals surface area contributed by atoms with Crippen molar-refractivity contribution in [2.45, 2.75) is 238 Å². The first kappa shape index (κ1) is 58.7. The summed E-state index contributed by atoms with van der Waals surface area (Å²) in [7, 11) is 3.98. The predicted molar refractivity (Wildman–Crippen MR) is 252 cm³/mol. The lowest BCUT2D eigenvalue weighted by Crippen LogP contribution is -2.45. The summed E-state index contributed by atoms with van der Waals surface area (Å²) < 4.78 is 48.9. The molecule has 1 saturated heterocycles. The van der Waals surface area contributed by atoms with Crippen molar-refractivity contribution in [3.8, 4) is 0 Å². The molecule has 11 heteroatoms. The number of esters is 2. The minimum absolute atomic E-state index is 0.0765. The molecule has 2 unspecified atom stereocenters. The average molecular weight is 886 g/mol. The third-order valence-corrected chi connectivity index (χ3v) is 11.7. The third kappa shape index (κ3) is 33.2. The van der Waals surface area contributed by atoms with Crippen LogP contribution in [-0.4, -0.2) is 127 Å². The lowest BCUT2D eigenvalue weighted by molar-refractivity contribution is -0.184. The molecule has 5 atom stereocenters. The van der Waals surface area contributed by atoms with E-state index < -0.39 is 42.5 Å². The van der Waals surface area contributed by atoms with Gasteiger partial charge in [-0.3, -0.25) is 0 Å². The van der Waals surface area contributed by atoms with Crippen LogP contribution in [0.3, 0.4) is 0 Å². The van der Waals surface area contributed by atoms with Crippen LogP contribution in [0.2, 0.25) is 0 Å². The van der Waals surface area contributed by atoms with Gasteiger partial charge in [-0.05, 0) is 39.8 Å². The van der Waals surface area contributed by atoms with Crippen molar-refractivity contribution >= 4 is 11.9 Å². The van der Waals surface area contributed by atoms with Crippen LogP contribution < -0.4 is 0 Å². The zero-order chi connectivity index (χ0) is 45.1. The Balaban J connectivity index is 3.00. The molecule has 0 spiro atoms. The van der Waals surface area contributed by atoms with Gasteiger partial charge in [-0.25, -0.2) is 9.59 Å². The summed E-state index contributed by atoms with van der Waals surface area (Å²) in [5.41, 5.74) is 0. The molecule has 0 radical (unpaired) electrons. The lowest BCUT2D eigenvalue weighted by Gasteiger charge is -2.27. The highest BCUT2D eigenvalue weighted by Gasteiger charge is 2.45. The highest BCUT2D eigenvalue weighted by Crippen LogP contribution is 2.24. The van der Waals surface area contributed by atoms with Crippen molar-refractivity contribution in [3.05, 3.63) is 0 Å². The van der Waals surface area contributed by atoms with Gasteiger partial charge in [0.05, 0.1) is 33.0 Å². The molecular weight excluding hydrogens is 787 g/mol. The zero-order valence-corrected chi connectivity index (χ0v) is 41.3. The van der Waals surface area contributed by atoms with E-state index in [2.05, 4.69) is 27.7 Å². The Morgan fingerprint density at radius 1 is 0.484 bits per heavy atom. The molecule has 11 nitrogen and oxygen atoms in total. The number of hydrogen-bond acceptors (Lipinski definition) is 11. The van der Waals surface area contributed by atoms with Crippen LogP contribution in [0.5, 0.6) is 0 Å². The second-order valence-corrected chi connectivity index (χ2v) is 18.0. The SMILES string of the molecule is CCCCCCCCCOCC(OCCCCCCCCC)C(=O)O[C@@H]1[C@@H](OC(=O)C(COCCCCCCCCC)OCCCCCCCCC)CO[C@@H]1COCCN(C)C. The van der Waals surface area contributed by atoms with Gasteiger partial charge >= 0.3 is 11.9 Å². The summed E-state index contributed by atoms with van der Waals surface area (Å²) in [5.74, 6) is -1.06. The van der Waals surface area contributed by atoms with Gasteiger partial charge in [0, 0.05) is 33.0 Å². The van der Waals surface area contributed by atoms with E-state index in [1.165, 1.54) is 116 Å². The molecule has 368 valence electrons. The van der Waals surface area contributed by atoms with Gasteiger partial charge in [0.1, 0.15) is 6.10 Å². The first-order valence-electron chi connectivity index (χ1n) is 26.0. The van der Waals surface area contributed by atoms with Crippen LogP contribution in [0, 0.1) is 0 Å². The molecule has 1 rings (SSSR count). The van der Waals surface area contributed by atoms with E-state index in [9.17, 15) is 9.59 Å². The molecule has 0 aromatic heterocycles. The molecule has 1 aliphatic heterocycles. The van der Waals surface area contributed by atoms with E-state index in [0.29, 0.717) is 33.0 Å². The van der Waals surface area contributed by atoms with Crippen molar-refractivity contribution in [2.24, 2.45) is 0 Å². The average Bonchev–Trinajstić information content (AvgIpc) is 3.63. The fourth-order valence-electron chi connectivity index (χ4n) is 7.57. The van der Waals surface area contributed by atoms with E-state index in [1.54, 1.807) is 0 Å². The Labute approximate surface area is 381 Å². The Morgan fingerprint density at radius 2 is 0.855 bits per heavy atom. The van der Waals surface area contributed by atoms with Crippen LogP contribution >= 0.6 is 0 Å². The standard InChI is InChI=1S/C51H99NO10/c1-7-11-15-19-23-27-31-36-55-42-47(58-38-33-29-25-21-17-13-9-3)50(53)61-46-44-60-45(41-57-40-35-52(5)6)49(46)62-51(54)48(59-39-34-30-26-22-18-14-10-4)43-56-37-32-28-24-20-16-12-8-2/h45-49H,7-44H2,1-6H3/t45-,46+,47?,48?,49+/m1/s1. The number of carbonyl (C=O) groups excluding carboxylic acids is 2. The van der Waals surface area contributed by atoms with Gasteiger partial charge in [-0.15, -0.1) is 0 Å². The Kier molecular flexibility index (Phi) is 41.2. The number of ether oxygens (including phenoxy) is 8.